The highest BCUT2D eigenvalue weighted by Gasteiger charge is 2.22. The van der Waals surface area contributed by atoms with Crippen LogP contribution < -0.4 is 5.32 Å². The van der Waals surface area contributed by atoms with Crippen molar-refractivity contribution >= 4 is 23.4 Å². The van der Waals surface area contributed by atoms with Crippen molar-refractivity contribution in [3.8, 4) is 0 Å². The Morgan fingerprint density at radius 3 is 3.00 bits per heavy atom. The molecule has 2 unspecified atom stereocenters. The molecule has 1 N–H and O–H groups in total. The fraction of sp³-hybridized carbons (Fsp3) is 0.647. The maximum absolute atomic E-state index is 6.16. The first-order valence-corrected chi connectivity index (χ1v) is 9.25. The summed E-state index contributed by atoms with van der Waals surface area (Å²) < 4.78 is 0. The zero-order valence-electron chi connectivity index (χ0n) is 12.6. The predicted molar refractivity (Wildman–Crippen MR) is 90.9 cm³/mol. The molecule has 0 aromatic heterocycles. The Morgan fingerprint density at radius 2 is 2.20 bits per heavy atom. The van der Waals surface area contributed by atoms with E-state index in [1.165, 1.54) is 54.7 Å². The maximum Gasteiger partial charge on any atom is 0.0410 e. The van der Waals surface area contributed by atoms with Gasteiger partial charge in [0.2, 0.25) is 0 Å². The molecule has 3 heteroatoms. The predicted octanol–water partition coefficient (Wildman–Crippen LogP) is 5.83. The minimum atomic E-state index is 0.478. The van der Waals surface area contributed by atoms with Crippen LogP contribution in [-0.2, 0) is 0 Å². The fourth-order valence-electron chi connectivity index (χ4n) is 2.84. The van der Waals surface area contributed by atoms with Gasteiger partial charge in [-0.05, 0) is 49.3 Å². The molecule has 0 amide bonds. The average Bonchev–Trinajstić information content (AvgIpc) is 2.44. The van der Waals surface area contributed by atoms with E-state index >= 15 is 0 Å². The summed E-state index contributed by atoms with van der Waals surface area (Å²) in [5.41, 5.74) is 1.40. The molecule has 20 heavy (non-hydrogen) atoms. The van der Waals surface area contributed by atoms with Crippen LogP contribution in [0.1, 0.15) is 64.0 Å². The quantitative estimate of drug-likeness (QED) is 0.636. The molecule has 1 aromatic carbocycles. The fourth-order valence-corrected chi connectivity index (χ4v) is 4.13. The summed E-state index contributed by atoms with van der Waals surface area (Å²) in [6.07, 6.45) is 7.87. The van der Waals surface area contributed by atoms with Crippen LogP contribution in [0, 0.1) is 0 Å². The molecule has 1 aliphatic rings. The Morgan fingerprint density at radius 1 is 1.35 bits per heavy atom. The highest BCUT2D eigenvalue weighted by molar-refractivity contribution is 7.99. The summed E-state index contributed by atoms with van der Waals surface area (Å²) in [5, 5.41) is 4.66. The van der Waals surface area contributed by atoms with E-state index in [0.717, 1.165) is 5.02 Å². The smallest absolute Gasteiger partial charge is 0.0410 e. The second kappa shape index (κ2) is 8.31. The van der Waals surface area contributed by atoms with Gasteiger partial charge in [0.05, 0.1) is 0 Å². The van der Waals surface area contributed by atoms with Gasteiger partial charge in [0, 0.05) is 22.0 Å². The van der Waals surface area contributed by atoms with Crippen LogP contribution in [0.3, 0.4) is 0 Å². The van der Waals surface area contributed by atoms with E-state index in [2.05, 4.69) is 31.3 Å². The number of benzene rings is 1. The zero-order chi connectivity index (χ0) is 14.4. The Bertz CT molecular complexity index is 421. The highest BCUT2D eigenvalue weighted by Crippen LogP contribution is 2.37. The lowest BCUT2D eigenvalue weighted by atomic mass is 10.0. The van der Waals surface area contributed by atoms with Crippen LogP contribution in [0.4, 0.5) is 0 Å². The summed E-state index contributed by atoms with van der Waals surface area (Å²) in [6, 6.07) is 7.38. The van der Waals surface area contributed by atoms with E-state index in [-0.39, 0.29) is 0 Å². The Hall–Kier alpha value is -0.180. The van der Waals surface area contributed by atoms with Gasteiger partial charge in [0.15, 0.2) is 0 Å². The molecule has 0 aliphatic carbocycles. The van der Waals surface area contributed by atoms with Crippen molar-refractivity contribution < 1.29 is 0 Å². The Labute approximate surface area is 132 Å². The number of hydrogen-bond donors (Lipinski definition) is 1. The van der Waals surface area contributed by atoms with Crippen molar-refractivity contribution in [2.75, 3.05) is 5.75 Å². The third-order valence-corrected chi connectivity index (χ3v) is 5.35. The molecule has 1 heterocycles. The molecule has 2 atom stereocenters. The molecule has 0 saturated heterocycles. The van der Waals surface area contributed by atoms with E-state index < -0.39 is 0 Å². The van der Waals surface area contributed by atoms with Crippen molar-refractivity contribution in [1.29, 1.82) is 0 Å². The van der Waals surface area contributed by atoms with Crippen molar-refractivity contribution in [1.82, 2.24) is 5.32 Å². The number of thioether (sulfide) groups is 1. The third kappa shape index (κ3) is 4.68. The summed E-state index contributed by atoms with van der Waals surface area (Å²) in [4.78, 5) is 1.40. The van der Waals surface area contributed by atoms with Gasteiger partial charge in [0.1, 0.15) is 0 Å². The van der Waals surface area contributed by atoms with Crippen LogP contribution in [-0.4, -0.2) is 11.8 Å². The van der Waals surface area contributed by atoms with Crippen molar-refractivity contribution in [3.05, 3.63) is 28.8 Å². The van der Waals surface area contributed by atoms with Crippen molar-refractivity contribution in [2.45, 2.75) is 69.4 Å². The van der Waals surface area contributed by atoms with Gasteiger partial charge in [-0.2, -0.15) is 0 Å². The summed E-state index contributed by atoms with van der Waals surface area (Å²) in [6.45, 7) is 4.58. The molecular weight excluding hydrogens is 286 g/mol. The topological polar surface area (TPSA) is 12.0 Å². The molecule has 0 spiro atoms. The first kappa shape index (κ1) is 16.2. The number of rotatable bonds is 7. The summed E-state index contributed by atoms with van der Waals surface area (Å²) >= 11 is 8.11. The lowest BCUT2D eigenvalue weighted by molar-refractivity contribution is 0.409. The molecular formula is C17H26ClNS. The van der Waals surface area contributed by atoms with E-state index in [0.29, 0.717) is 12.1 Å². The molecule has 1 nitrogen and oxygen atoms in total. The summed E-state index contributed by atoms with van der Waals surface area (Å²) in [5.74, 6) is 1.20. The Balaban J connectivity index is 1.89. The van der Waals surface area contributed by atoms with E-state index in [9.17, 15) is 0 Å². The summed E-state index contributed by atoms with van der Waals surface area (Å²) in [7, 11) is 0. The van der Waals surface area contributed by atoms with Crippen LogP contribution in [0.2, 0.25) is 5.02 Å². The van der Waals surface area contributed by atoms with Gasteiger partial charge < -0.3 is 5.32 Å². The first-order valence-electron chi connectivity index (χ1n) is 7.89. The number of hydrogen-bond acceptors (Lipinski definition) is 2. The first-order chi connectivity index (χ1) is 9.70. The average molecular weight is 312 g/mol. The molecule has 0 radical (unpaired) electrons. The van der Waals surface area contributed by atoms with Gasteiger partial charge >= 0.3 is 0 Å². The molecule has 0 saturated carbocycles. The number of unbranched alkanes of at least 4 members (excludes halogenated alkanes) is 3. The molecule has 1 aromatic rings. The van der Waals surface area contributed by atoms with Gasteiger partial charge in [-0.25, -0.2) is 0 Å². The SMILES string of the molecule is CCCCCCC(C)NC1CCSc2ccc(Cl)cc21. The van der Waals surface area contributed by atoms with Gasteiger partial charge in [-0.1, -0.05) is 44.2 Å². The van der Waals surface area contributed by atoms with Crippen LogP contribution in [0.5, 0.6) is 0 Å². The monoisotopic (exact) mass is 311 g/mol. The van der Waals surface area contributed by atoms with Gasteiger partial charge in [-0.15, -0.1) is 11.8 Å². The number of fused-ring (bicyclic) bond motifs is 1. The van der Waals surface area contributed by atoms with Crippen LogP contribution in [0.15, 0.2) is 23.1 Å². The standard InChI is InChI=1S/C17H26ClNS/c1-3-4-5-6-7-13(2)19-16-10-11-20-17-9-8-14(18)12-15(16)17/h8-9,12-13,16,19H,3-7,10-11H2,1-2H3. The zero-order valence-corrected chi connectivity index (χ0v) is 14.2. The van der Waals surface area contributed by atoms with E-state index in [1.807, 2.05) is 17.8 Å². The molecule has 112 valence electrons. The van der Waals surface area contributed by atoms with Crippen LogP contribution >= 0.6 is 23.4 Å². The van der Waals surface area contributed by atoms with E-state index in [1.54, 1.807) is 0 Å². The molecule has 1 aliphatic heterocycles. The maximum atomic E-state index is 6.16. The largest absolute Gasteiger partial charge is 0.307 e. The highest BCUT2D eigenvalue weighted by atomic mass is 35.5. The molecule has 2 rings (SSSR count). The lowest BCUT2D eigenvalue weighted by Gasteiger charge is -2.29. The minimum Gasteiger partial charge on any atom is -0.307 e. The van der Waals surface area contributed by atoms with Gasteiger partial charge in [0.25, 0.3) is 0 Å². The lowest BCUT2D eigenvalue weighted by Crippen LogP contribution is -2.32. The van der Waals surface area contributed by atoms with Crippen molar-refractivity contribution in [2.24, 2.45) is 0 Å². The van der Waals surface area contributed by atoms with Gasteiger partial charge in [-0.3, -0.25) is 0 Å². The minimum absolute atomic E-state index is 0.478. The normalized spacial score (nSPS) is 19.6. The number of nitrogens with one attached hydrogen (secondary N) is 1. The second-order valence-corrected chi connectivity index (χ2v) is 7.36. The van der Waals surface area contributed by atoms with E-state index in [4.69, 9.17) is 11.6 Å². The molecule has 0 fully saturated rings. The van der Waals surface area contributed by atoms with Crippen LogP contribution in [0.25, 0.3) is 0 Å². The van der Waals surface area contributed by atoms with Crippen molar-refractivity contribution in [3.63, 3.8) is 0 Å². The second-order valence-electron chi connectivity index (χ2n) is 5.79. The molecule has 0 bridgehead atoms. The number of halogens is 1. The Kier molecular flexibility index (Phi) is 6.73. The third-order valence-electron chi connectivity index (χ3n) is 3.99.